The molecule has 0 spiro atoms. The van der Waals surface area contributed by atoms with Crippen LogP contribution in [0.15, 0.2) is 34.3 Å². The molecule has 0 amide bonds. The molecule has 0 heterocycles. The first-order valence-corrected chi connectivity index (χ1v) is 9.92. The highest BCUT2D eigenvalue weighted by molar-refractivity contribution is 7.86. The molecule has 146 valence electrons. The van der Waals surface area contributed by atoms with Gasteiger partial charge in [0.25, 0.3) is 0 Å². The van der Waals surface area contributed by atoms with Gasteiger partial charge in [-0.2, -0.15) is 8.42 Å². The van der Waals surface area contributed by atoms with Crippen LogP contribution in [-0.4, -0.2) is 27.2 Å². The smallest absolute Gasteiger partial charge is 0.358 e. The molecular weight excluding hydrogens is 354 g/mol. The number of methoxy groups -OCH3 is 1. The Morgan fingerprint density at radius 1 is 1.12 bits per heavy atom. The lowest BCUT2D eigenvalue weighted by molar-refractivity contribution is -0.153. The van der Waals surface area contributed by atoms with Crippen LogP contribution in [-0.2, 0) is 29.3 Å². The van der Waals surface area contributed by atoms with Gasteiger partial charge in [-0.1, -0.05) is 38.1 Å². The molecule has 0 saturated heterocycles. The summed E-state index contributed by atoms with van der Waals surface area (Å²) in [5.74, 6) is -0.242. The van der Waals surface area contributed by atoms with Crippen molar-refractivity contribution >= 4 is 21.8 Å². The number of ether oxygens (including phenoxy) is 1. The van der Waals surface area contributed by atoms with E-state index in [1.165, 1.54) is 19.2 Å². The third-order valence-corrected chi connectivity index (χ3v) is 5.65. The van der Waals surface area contributed by atoms with Gasteiger partial charge in [-0.05, 0) is 56.7 Å². The molecule has 0 aliphatic rings. The van der Waals surface area contributed by atoms with Crippen molar-refractivity contribution in [2.24, 2.45) is 10.6 Å². The maximum absolute atomic E-state index is 12.2. The fourth-order valence-electron chi connectivity index (χ4n) is 2.90. The molecule has 0 bridgehead atoms. The van der Waals surface area contributed by atoms with Crippen LogP contribution in [0, 0.1) is 5.41 Å². The summed E-state index contributed by atoms with van der Waals surface area (Å²) in [5, 5.41) is 3.51. The average Bonchev–Trinajstić information content (AvgIpc) is 2.59. The molecule has 0 N–H and O–H groups in total. The lowest BCUT2D eigenvalue weighted by Crippen LogP contribution is -2.35. The summed E-state index contributed by atoms with van der Waals surface area (Å²) in [6.45, 7) is 11.2. The second kappa shape index (κ2) is 8.20. The Morgan fingerprint density at radius 2 is 1.65 bits per heavy atom. The second-order valence-corrected chi connectivity index (χ2v) is 9.09. The first-order valence-electron chi connectivity index (χ1n) is 8.52. The van der Waals surface area contributed by atoms with Crippen molar-refractivity contribution in [2.45, 2.75) is 64.7 Å². The highest BCUT2D eigenvalue weighted by Crippen LogP contribution is 2.39. The van der Waals surface area contributed by atoms with Crippen molar-refractivity contribution in [3.8, 4) is 0 Å². The van der Waals surface area contributed by atoms with E-state index in [0.29, 0.717) is 18.6 Å². The first-order chi connectivity index (χ1) is 11.9. The summed E-state index contributed by atoms with van der Waals surface area (Å²) in [7, 11) is -2.54. The lowest BCUT2D eigenvalue weighted by atomic mass is 9.69. The van der Waals surface area contributed by atoms with Crippen molar-refractivity contribution < 1.29 is 22.2 Å². The van der Waals surface area contributed by atoms with Gasteiger partial charge >= 0.3 is 16.1 Å². The van der Waals surface area contributed by atoms with E-state index in [2.05, 4.69) is 9.44 Å². The van der Waals surface area contributed by atoms with Gasteiger partial charge < -0.3 is 4.74 Å². The average molecular weight is 384 g/mol. The molecule has 7 heteroatoms. The highest BCUT2D eigenvalue weighted by Gasteiger charge is 2.39. The Hall–Kier alpha value is -1.89. The number of oxime groups is 1. The van der Waals surface area contributed by atoms with Crippen LogP contribution in [0.25, 0.3) is 0 Å². The monoisotopic (exact) mass is 383 g/mol. The molecule has 1 atom stereocenters. The first kappa shape index (κ1) is 22.2. The molecule has 1 rings (SSSR count). The van der Waals surface area contributed by atoms with E-state index in [-0.39, 0.29) is 16.3 Å². The van der Waals surface area contributed by atoms with Crippen LogP contribution < -0.4 is 0 Å². The molecule has 26 heavy (non-hydrogen) atoms. The minimum Gasteiger partial charge on any atom is -0.469 e. The number of hydrogen-bond donors (Lipinski definition) is 0. The zero-order valence-electron chi connectivity index (χ0n) is 16.6. The van der Waals surface area contributed by atoms with E-state index >= 15 is 0 Å². The van der Waals surface area contributed by atoms with Crippen LogP contribution in [0.3, 0.4) is 0 Å². The summed E-state index contributed by atoms with van der Waals surface area (Å²) in [5.41, 5.74) is 0.475. The summed E-state index contributed by atoms with van der Waals surface area (Å²) in [6.07, 6.45) is 1.23. The van der Waals surface area contributed by atoms with Crippen LogP contribution in [0.2, 0.25) is 0 Å². The minimum atomic E-state index is -3.94. The van der Waals surface area contributed by atoms with Crippen LogP contribution >= 0.6 is 0 Å². The zero-order valence-corrected chi connectivity index (χ0v) is 17.4. The zero-order chi connectivity index (χ0) is 20.2. The Kier molecular flexibility index (Phi) is 6.99. The Bertz CT molecular complexity index is 762. The second-order valence-electron chi connectivity index (χ2n) is 7.56. The molecular formula is C19H29NO5S. The largest absolute Gasteiger partial charge is 0.469 e. The number of rotatable bonds is 8. The van der Waals surface area contributed by atoms with Crippen molar-refractivity contribution in [1.29, 1.82) is 0 Å². The SMILES string of the molecule is CCC(C)(CC(C)(C)c1ccc(S(=O)(=O)ON=C(C)C)cc1)C(=O)OC. The van der Waals surface area contributed by atoms with Gasteiger partial charge in [0, 0.05) is 0 Å². The lowest BCUT2D eigenvalue weighted by Gasteiger charge is -2.35. The summed E-state index contributed by atoms with van der Waals surface area (Å²) in [4.78, 5) is 12.2. The fourth-order valence-corrected chi connectivity index (χ4v) is 3.71. The highest BCUT2D eigenvalue weighted by atomic mass is 32.2. The standard InChI is InChI=1S/C19H29NO5S/c1-8-19(6,17(21)24-7)13-18(4,5)15-9-11-16(12-10-15)26(22,23)25-20-14(2)3/h9-12H,8,13H2,1-7H3. The van der Waals surface area contributed by atoms with Gasteiger partial charge in [-0.3, -0.25) is 9.08 Å². The fraction of sp³-hybridized carbons (Fsp3) is 0.579. The Morgan fingerprint density at radius 3 is 2.08 bits per heavy atom. The van der Waals surface area contributed by atoms with E-state index in [4.69, 9.17) is 4.74 Å². The molecule has 0 aromatic heterocycles. The number of hydrogen-bond acceptors (Lipinski definition) is 6. The van der Waals surface area contributed by atoms with Crippen LogP contribution in [0.4, 0.5) is 0 Å². The molecule has 0 radical (unpaired) electrons. The quantitative estimate of drug-likeness (QED) is 0.384. The number of carbonyl (C=O) groups is 1. The van der Waals surface area contributed by atoms with Crippen molar-refractivity contribution in [2.75, 3.05) is 7.11 Å². The predicted molar refractivity (Wildman–Crippen MR) is 102 cm³/mol. The maximum atomic E-state index is 12.2. The third-order valence-electron chi connectivity index (χ3n) is 4.53. The van der Waals surface area contributed by atoms with E-state index in [1.54, 1.807) is 26.0 Å². The van der Waals surface area contributed by atoms with Crippen molar-refractivity contribution in [3.05, 3.63) is 29.8 Å². The van der Waals surface area contributed by atoms with Crippen molar-refractivity contribution in [3.63, 3.8) is 0 Å². The van der Waals surface area contributed by atoms with E-state index in [0.717, 1.165) is 5.56 Å². The Labute approximate surface area is 156 Å². The summed E-state index contributed by atoms with van der Waals surface area (Å²) in [6, 6.07) is 6.47. The molecule has 1 aromatic carbocycles. The van der Waals surface area contributed by atoms with E-state index < -0.39 is 15.5 Å². The van der Waals surface area contributed by atoms with Gasteiger partial charge in [0.2, 0.25) is 0 Å². The maximum Gasteiger partial charge on any atom is 0.358 e. The molecule has 0 aliphatic heterocycles. The Balaban J connectivity index is 3.10. The van der Waals surface area contributed by atoms with Gasteiger partial charge in [-0.15, -0.1) is 0 Å². The molecule has 1 aromatic rings. The van der Waals surface area contributed by atoms with Gasteiger partial charge in [0.05, 0.1) is 18.2 Å². The van der Waals surface area contributed by atoms with Gasteiger partial charge in [0.15, 0.2) is 0 Å². The number of nitrogens with zero attached hydrogens (tertiary/aromatic N) is 1. The van der Waals surface area contributed by atoms with Gasteiger partial charge in [-0.25, -0.2) is 0 Å². The van der Waals surface area contributed by atoms with E-state index in [1.807, 2.05) is 27.7 Å². The van der Waals surface area contributed by atoms with Gasteiger partial charge in [0.1, 0.15) is 4.90 Å². The number of benzene rings is 1. The number of esters is 1. The molecule has 0 aliphatic carbocycles. The normalized spacial score (nSPS) is 14.3. The van der Waals surface area contributed by atoms with Crippen LogP contribution in [0.1, 0.15) is 59.9 Å². The third kappa shape index (κ3) is 5.30. The molecule has 0 fully saturated rings. The molecule has 6 nitrogen and oxygen atoms in total. The molecule has 1 unspecified atom stereocenters. The minimum absolute atomic E-state index is 0.0354. The van der Waals surface area contributed by atoms with Crippen LogP contribution in [0.5, 0.6) is 0 Å². The summed E-state index contributed by atoms with van der Waals surface area (Å²) >= 11 is 0. The molecule has 0 saturated carbocycles. The number of carbonyl (C=O) groups excluding carboxylic acids is 1. The topological polar surface area (TPSA) is 82.0 Å². The van der Waals surface area contributed by atoms with E-state index in [9.17, 15) is 13.2 Å². The van der Waals surface area contributed by atoms with Crippen molar-refractivity contribution in [1.82, 2.24) is 0 Å². The predicted octanol–water partition coefficient (Wildman–Crippen LogP) is 4.04. The summed E-state index contributed by atoms with van der Waals surface area (Å²) < 4.78 is 33.8.